The third kappa shape index (κ3) is 3.56. The van der Waals surface area contributed by atoms with Gasteiger partial charge >= 0.3 is 0 Å². The molecule has 2 rings (SSSR count). The summed E-state index contributed by atoms with van der Waals surface area (Å²) in [5.41, 5.74) is 2.48. The molecule has 1 aliphatic rings. The van der Waals surface area contributed by atoms with Crippen molar-refractivity contribution in [2.45, 2.75) is 46.1 Å². The fraction of sp³-hybridized carbons (Fsp3) is 0.786. The van der Waals surface area contributed by atoms with Crippen LogP contribution in [0.2, 0.25) is 0 Å². The van der Waals surface area contributed by atoms with Crippen LogP contribution in [0.15, 0.2) is 6.07 Å². The minimum atomic E-state index is 0.705. The molecule has 2 unspecified atom stereocenters. The van der Waals surface area contributed by atoms with Crippen LogP contribution in [-0.2, 0) is 13.5 Å². The second-order valence-electron chi connectivity index (χ2n) is 5.74. The van der Waals surface area contributed by atoms with E-state index in [0.717, 1.165) is 30.6 Å². The van der Waals surface area contributed by atoms with Crippen molar-refractivity contribution in [3.05, 3.63) is 17.5 Å². The number of aryl methyl sites for hydroxylation is 2. The summed E-state index contributed by atoms with van der Waals surface area (Å²) in [5, 5.41) is 8.03. The van der Waals surface area contributed by atoms with Gasteiger partial charge in [0.05, 0.1) is 5.69 Å². The molecule has 1 saturated carbocycles. The summed E-state index contributed by atoms with van der Waals surface area (Å²) in [7, 11) is 2.04. The second kappa shape index (κ2) is 5.21. The zero-order chi connectivity index (χ0) is 12.4. The van der Waals surface area contributed by atoms with Crippen LogP contribution in [-0.4, -0.2) is 22.4 Å². The predicted molar refractivity (Wildman–Crippen MR) is 71.0 cm³/mol. The standard InChI is InChI=1S/C14H25N3/c1-10(11(2)9-15-13-5-6-13)7-14-8-12(3)16-17(14)4/h8,10-11,13,15H,5-7,9H2,1-4H3. The largest absolute Gasteiger partial charge is 0.314 e. The maximum Gasteiger partial charge on any atom is 0.0596 e. The summed E-state index contributed by atoms with van der Waals surface area (Å²) in [5.74, 6) is 1.43. The Morgan fingerprint density at radius 3 is 2.65 bits per heavy atom. The van der Waals surface area contributed by atoms with Crippen LogP contribution >= 0.6 is 0 Å². The van der Waals surface area contributed by atoms with Gasteiger partial charge in [0, 0.05) is 18.8 Å². The number of hydrogen-bond donors (Lipinski definition) is 1. The Kier molecular flexibility index (Phi) is 3.87. The van der Waals surface area contributed by atoms with E-state index < -0.39 is 0 Å². The Balaban J connectivity index is 1.82. The van der Waals surface area contributed by atoms with Gasteiger partial charge in [0.25, 0.3) is 0 Å². The molecule has 1 fully saturated rings. The maximum atomic E-state index is 4.41. The molecule has 0 aliphatic heterocycles. The number of rotatable bonds is 6. The molecular formula is C14H25N3. The van der Waals surface area contributed by atoms with Gasteiger partial charge in [0.15, 0.2) is 0 Å². The van der Waals surface area contributed by atoms with Crippen LogP contribution in [0.4, 0.5) is 0 Å². The van der Waals surface area contributed by atoms with E-state index in [1.54, 1.807) is 0 Å². The molecule has 1 aromatic heterocycles. The molecule has 1 heterocycles. The Morgan fingerprint density at radius 2 is 2.12 bits per heavy atom. The fourth-order valence-electron chi connectivity index (χ4n) is 2.23. The molecule has 0 radical (unpaired) electrons. The lowest BCUT2D eigenvalue weighted by Gasteiger charge is -2.20. The van der Waals surface area contributed by atoms with E-state index in [2.05, 4.69) is 37.3 Å². The maximum absolute atomic E-state index is 4.41. The van der Waals surface area contributed by atoms with Gasteiger partial charge in [-0.25, -0.2) is 0 Å². The van der Waals surface area contributed by atoms with Gasteiger partial charge in [0.1, 0.15) is 0 Å². The summed E-state index contributed by atoms with van der Waals surface area (Å²) < 4.78 is 2.02. The van der Waals surface area contributed by atoms with Crippen molar-refractivity contribution in [3.8, 4) is 0 Å². The molecular weight excluding hydrogens is 210 g/mol. The van der Waals surface area contributed by atoms with Gasteiger partial charge in [0.2, 0.25) is 0 Å². The highest BCUT2D eigenvalue weighted by Gasteiger charge is 2.22. The zero-order valence-electron chi connectivity index (χ0n) is 11.5. The average Bonchev–Trinajstić information content (AvgIpc) is 3.03. The lowest BCUT2D eigenvalue weighted by atomic mass is 9.91. The molecule has 0 bridgehead atoms. The predicted octanol–water partition coefficient (Wildman–Crippen LogP) is 2.30. The highest BCUT2D eigenvalue weighted by molar-refractivity contribution is 5.09. The Hall–Kier alpha value is -0.830. The van der Waals surface area contributed by atoms with E-state index in [0.29, 0.717) is 5.92 Å². The first-order valence-corrected chi connectivity index (χ1v) is 6.79. The van der Waals surface area contributed by atoms with Gasteiger partial charge < -0.3 is 5.32 Å². The van der Waals surface area contributed by atoms with Crippen LogP contribution < -0.4 is 5.32 Å². The quantitative estimate of drug-likeness (QED) is 0.820. The van der Waals surface area contributed by atoms with Crippen LogP contribution in [0.3, 0.4) is 0 Å². The normalized spacial score (nSPS) is 19.3. The van der Waals surface area contributed by atoms with Crippen LogP contribution in [0.25, 0.3) is 0 Å². The topological polar surface area (TPSA) is 29.9 Å². The van der Waals surface area contributed by atoms with E-state index in [9.17, 15) is 0 Å². The highest BCUT2D eigenvalue weighted by atomic mass is 15.3. The molecule has 3 heteroatoms. The van der Waals surface area contributed by atoms with Crippen molar-refractivity contribution < 1.29 is 0 Å². The second-order valence-corrected chi connectivity index (χ2v) is 5.74. The van der Waals surface area contributed by atoms with Crippen LogP contribution in [0.1, 0.15) is 38.1 Å². The number of aromatic nitrogens is 2. The van der Waals surface area contributed by atoms with Crippen molar-refractivity contribution in [2.75, 3.05) is 6.54 Å². The summed E-state index contributed by atoms with van der Waals surface area (Å²) in [4.78, 5) is 0. The monoisotopic (exact) mass is 235 g/mol. The number of nitrogens with one attached hydrogen (secondary N) is 1. The van der Waals surface area contributed by atoms with Gasteiger partial charge in [-0.1, -0.05) is 13.8 Å². The third-order valence-corrected chi connectivity index (χ3v) is 3.91. The molecule has 0 saturated heterocycles. The molecule has 17 heavy (non-hydrogen) atoms. The fourth-order valence-corrected chi connectivity index (χ4v) is 2.23. The smallest absolute Gasteiger partial charge is 0.0596 e. The van der Waals surface area contributed by atoms with E-state index in [1.165, 1.54) is 18.5 Å². The summed E-state index contributed by atoms with van der Waals surface area (Å²) in [6, 6.07) is 3.03. The molecule has 2 atom stereocenters. The molecule has 1 aliphatic carbocycles. The molecule has 0 spiro atoms. The molecule has 0 amide bonds. The summed E-state index contributed by atoms with van der Waals surface area (Å²) in [6.07, 6.45) is 3.88. The molecule has 96 valence electrons. The average molecular weight is 235 g/mol. The van der Waals surface area contributed by atoms with Gasteiger partial charge in [-0.15, -0.1) is 0 Å². The number of nitrogens with zero attached hydrogens (tertiary/aromatic N) is 2. The van der Waals surface area contributed by atoms with Crippen molar-refractivity contribution in [1.29, 1.82) is 0 Å². The molecule has 3 nitrogen and oxygen atoms in total. The lowest BCUT2D eigenvalue weighted by Crippen LogP contribution is -2.27. The van der Waals surface area contributed by atoms with Crippen LogP contribution in [0.5, 0.6) is 0 Å². The van der Waals surface area contributed by atoms with Crippen molar-refractivity contribution >= 4 is 0 Å². The van der Waals surface area contributed by atoms with Gasteiger partial charge in [-0.05, 0) is 50.6 Å². The molecule has 1 aromatic rings. The Labute approximate surface area is 105 Å². The van der Waals surface area contributed by atoms with Crippen molar-refractivity contribution in [1.82, 2.24) is 15.1 Å². The minimum Gasteiger partial charge on any atom is -0.314 e. The SMILES string of the molecule is Cc1cc(CC(C)C(C)CNC2CC2)n(C)n1. The summed E-state index contributed by atoms with van der Waals surface area (Å²) >= 11 is 0. The van der Waals surface area contributed by atoms with Gasteiger partial charge in [-0.2, -0.15) is 5.10 Å². The van der Waals surface area contributed by atoms with E-state index in [-0.39, 0.29) is 0 Å². The first-order chi connectivity index (χ1) is 8.06. The zero-order valence-corrected chi connectivity index (χ0v) is 11.5. The minimum absolute atomic E-state index is 0.705. The van der Waals surface area contributed by atoms with E-state index >= 15 is 0 Å². The Bertz CT molecular complexity index is 366. The van der Waals surface area contributed by atoms with Crippen molar-refractivity contribution in [3.63, 3.8) is 0 Å². The third-order valence-electron chi connectivity index (χ3n) is 3.91. The summed E-state index contributed by atoms with van der Waals surface area (Å²) in [6.45, 7) is 7.92. The first kappa shape index (κ1) is 12.6. The Morgan fingerprint density at radius 1 is 1.41 bits per heavy atom. The van der Waals surface area contributed by atoms with Crippen LogP contribution in [0, 0.1) is 18.8 Å². The number of hydrogen-bond acceptors (Lipinski definition) is 2. The first-order valence-electron chi connectivity index (χ1n) is 6.79. The lowest BCUT2D eigenvalue weighted by molar-refractivity contribution is 0.358. The highest BCUT2D eigenvalue weighted by Crippen LogP contribution is 2.21. The van der Waals surface area contributed by atoms with Gasteiger partial charge in [-0.3, -0.25) is 4.68 Å². The van der Waals surface area contributed by atoms with E-state index in [1.807, 2.05) is 11.7 Å². The molecule has 1 N–H and O–H groups in total. The van der Waals surface area contributed by atoms with Crippen molar-refractivity contribution in [2.24, 2.45) is 18.9 Å². The molecule has 0 aromatic carbocycles. The van der Waals surface area contributed by atoms with E-state index in [4.69, 9.17) is 0 Å².